The fraction of sp³-hybridized carbons (Fsp3) is 1.00. The monoisotopic (exact) mass is 361 g/mol. The van der Waals surface area contributed by atoms with Gasteiger partial charge in [0, 0.05) is 5.33 Å². The molecule has 0 aliphatic heterocycles. The van der Waals surface area contributed by atoms with E-state index in [1.54, 1.807) is 0 Å². The normalized spacial score (nSPS) is 12.0. The van der Waals surface area contributed by atoms with Crippen molar-refractivity contribution in [1.29, 1.82) is 0 Å². The second-order valence-corrected chi connectivity index (χ2v) is 8.16. The molecule has 0 radical (unpaired) electrons. The van der Waals surface area contributed by atoms with Crippen LogP contribution in [0.4, 0.5) is 0 Å². The SMILES string of the molecule is CC(C)CCN(CCCCCCCCCBr)CCC(C)C. The minimum absolute atomic E-state index is 0.834. The molecule has 0 spiro atoms. The number of hydrogen-bond acceptors (Lipinski definition) is 1. The van der Waals surface area contributed by atoms with E-state index in [1.807, 2.05) is 0 Å². The number of unbranched alkanes of at least 4 members (excludes halogenated alkanes) is 6. The summed E-state index contributed by atoms with van der Waals surface area (Å²) in [7, 11) is 0. The molecule has 0 bridgehead atoms. The fourth-order valence-electron chi connectivity index (χ4n) is 2.53. The Morgan fingerprint density at radius 1 is 0.619 bits per heavy atom. The molecule has 0 heterocycles. The quantitative estimate of drug-likeness (QED) is 0.237. The van der Waals surface area contributed by atoms with Crippen LogP contribution in [0, 0.1) is 11.8 Å². The van der Waals surface area contributed by atoms with E-state index >= 15 is 0 Å². The van der Waals surface area contributed by atoms with Crippen molar-refractivity contribution < 1.29 is 0 Å². The molecule has 0 rings (SSSR count). The molecule has 128 valence electrons. The van der Waals surface area contributed by atoms with Gasteiger partial charge in [-0.15, -0.1) is 0 Å². The maximum atomic E-state index is 3.50. The van der Waals surface area contributed by atoms with Crippen molar-refractivity contribution in [2.24, 2.45) is 11.8 Å². The van der Waals surface area contributed by atoms with Crippen molar-refractivity contribution >= 4 is 15.9 Å². The Bertz CT molecular complexity index is 192. The van der Waals surface area contributed by atoms with Crippen molar-refractivity contribution in [2.45, 2.75) is 85.5 Å². The molecule has 0 saturated carbocycles. The third kappa shape index (κ3) is 16.6. The summed E-state index contributed by atoms with van der Waals surface area (Å²) in [5.41, 5.74) is 0. The highest BCUT2D eigenvalue weighted by molar-refractivity contribution is 9.09. The lowest BCUT2D eigenvalue weighted by molar-refractivity contribution is 0.238. The molecule has 21 heavy (non-hydrogen) atoms. The molecule has 2 heteroatoms. The molecule has 0 saturated heterocycles. The molecule has 0 unspecified atom stereocenters. The maximum Gasteiger partial charge on any atom is 0.00313 e. The van der Waals surface area contributed by atoms with E-state index in [0.717, 1.165) is 11.8 Å². The molecular weight excluding hydrogens is 322 g/mol. The van der Waals surface area contributed by atoms with Gasteiger partial charge in [0.25, 0.3) is 0 Å². The van der Waals surface area contributed by atoms with Crippen LogP contribution in [0.1, 0.15) is 85.5 Å². The Hall–Kier alpha value is 0.440. The van der Waals surface area contributed by atoms with E-state index in [4.69, 9.17) is 0 Å². The molecular formula is C19H40BrN. The first-order valence-corrected chi connectivity index (χ1v) is 10.5. The molecule has 0 atom stereocenters. The third-order valence-electron chi connectivity index (χ3n) is 4.15. The van der Waals surface area contributed by atoms with Gasteiger partial charge in [0.05, 0.1) is 0 Å². The zero-order valence-electron chi connectivity index (χ0n) is 15.2. The Morgan fingerprint density at radius 2 is 1.05 bits per heavy atom. The topological polar surface area (TPSA) is 3.24 Å². The van der Waals surface area contributed by atoms with E-state index in [-0.39, 0.29) is 0 Å². The van der Waals surface area contributed by atoms with Crippen LogP contribution in [0.2, 0.25) is 0 Å². The highest BCUT2D eigenvalue weighted by Crippen LogP contribution is 2.11. The first-order valence-electron chi connectivity index (χ1n) is 9.34. The average Bonchev–Trinajstić information content (AvgIpc) is 2.43. The van der Waals surface area contributed by atoms with Crippen molar-refractivity contribution in [1.82, 2.24) is 4.90 Å². The predicted molar refractivity (Wildman–Crippen MR) is 101 cm³/mol. The molecule has 1 nitrogen and oxygen atoms in total. The van der Waals surface area contributed by atoms with E-state index in [1.165, 1.54) is 82.8 Å². The number of hydrogen-bond donors (Lipinski definition) is 0. The first-order chi connectivity index (χ1) is 10.1. The molecule has 0 N–H and O–H groups in total. The molecule has 0 fully saturated rings. The molecule has 0 aliphatic rings. The third-order valence-corrected chi connectivity index (χ3v) is 4.71. The molecule has 0 aromatic carbocycles. The van der Waals surface area contributed by atoms with Gasteiger partial charge < -0.3 is 4.90 Å². The van der Waals surface area contributed by atoms with E-state index in [9.17, 15) is 0 Å². The van der Waals surface area contributed by atoms with Crippen molar-refractivity contribution in [3.05, 3.63) is 0 Å². The van der Waals surface area contributed by atoms with Gasteiger partial charge in [0.1, 0.15) is 0 Å². The number of alkyl halides is 1. The second kappa shape index (κ2) is 15.3. The van der Waals surface area contributed by atoms with Gasteiger partial charge in [0.15, 0.2) is 0 Å². The highest BCUT2D eigenvalue weighted by atomic mass is 79.9. The molecule has 0 aromatic heterocycles. The van der Waals surface area contributed by atoms with Crippen LogP contribution < -0.4 is 0 Å². The first kappa shape index (κ1) is 21.4. The summed E-state index contributed by atoms with van der Waals surface area (Å²) in [6, 6.07) is 0. The van der Waals surface area contributed by atoms with Crippen LogP contribution in [-0.2, 0) is 0 Å². The van der Waals surface area contributed by atoms with Gasteiger partial charge in [-0.3, -0.25) is 0 Å². The zero-order chi connectivity index (χ0) is 15.9. The number of rotatable bonds is 15. The predicted octanol–water partition coefficient (Wildman–Crippen LogP) is 6.51. The largest absolute Gasteiger partial charge is 0.303 e. The highest BCUT2D eigenvalue weighted by Gasteiger charge is 2.07. The van der Waals surface area contributed by atoms with Crippen LogP contribution >= 0.6 is 15.9 Å². The van der Waals surface area contributed by atoms with Gasteiger partial charge >= 0.3 is 0 Å². The number of nitrogens with zero attached hydrogens (tertiary/aromatic N) is 1. The van der Waals surface area contributed by atoms with Crippen molar-refractivity contribution in [2.75, 3.05) is 25.0 Å². The van der Waals surface area contributed by atoms with Crippen LogP contribution in [-0.4, -0.2) is 29.9 Å². The molecule has 0 aliphatic carbocycles. The summed E-state index contributed by atoms with van der Waals surface area (Å²) in [4.78, 5) is 2.71. The van der Waals surface area contributed by atoms with Gasteiger partial charge in [0.2, 0.25) is 0 Å². The van der Waals surface area contributed by atoms with Gasteiger partial charge in [-0.25, -0.2) is 0 Å². The summed E-state index contributed by atoms with van der Waals surface area (Å²) in [5, 5.41) is 1.17. The summed E-state index contributed by atoms with van der Waals surface area (Å²) in [6.45, 7) is 13.3. The van der Waals surface area contributed by atoms with E-state index in [2.05, 4.69) is 48.5 Å². The van der Waals surface area contributed by atoms with E-state index < -0.39 is 0 Å². The lowest BCUT2D eigenvalue weighted by atomic mass is 10.1. The van der Waals surface area contributed by atoms with Crippen LogP contribution in [0.3, 0.4) is 0 Å². The summed E-state index contributed by atoms with van der Waals surface area (Å²) < 4.78 is 0. The Kier molecular flexibility index (Phi) is 15.7. The summed E-state index contributed by atoms with van der Waals surface area (Å²) in [6.07, 6.45) is 12.6. The number of halogens is 1. The Labute approximate surface area is 143 Å². The van der Waals surface area contributed by atoms with E-state index in [0.29, 0.717) is 0 Å². The van der Waals surface area contributed by atoms with Gasteiger partial charge in [-0.1, -0.05) is 75.7 Å². The summed E-state index contributed by atoms with van der Waals surface area (Å²) in [5.74, 6) is 1.67. The zero-order valence-corrected chi connectivity index (χ0v) is 16.8. The maximum absolute atomic E-state index is 3.50. The Morgan fingerprint density at radius 3 is 1.48 bits per heavy atom. The van der Waals surface area contributed by atoms with Crippen LogP contribution in [0.5, 0.6) is 0 Å². The van der Waals surface area contributed by atoms with Gasteiger partial charge in [-0.05, 0) is 57.2 Å². The van der Waals surface area contributed by atoms with Gasteiger partial charge in [-0.2, -0.15) is 0 Å². The smallest absolute Gasteiger partial charge is 0.00313 e. The average molecular weight is 362 g/mol. The minimum Gasteiger partial charge on any atom is -0.303 e. The Balaban J connectivity index is 3.64. The minimum atomic E-state index is 0.834. The van der Waals surface area contributed by atoms with Crippen molar-refractivity contribution in [3.63, 3.8) is 0 Å². The summed E-state index contributed by atoms with van der Waals surface area (Å²) >= 11 is 3.50. The molecule has 0 aromatic rings. The lowest BCUT2D eigenvalue weighted by Gasteiger charge is -2.24. The fourth-order valence-corrected chi connectivity index (χ4v) is 2.93. The second-order valence-electron chi connectivity index (χ2n) is 7.37. The lowest BCUT2D eigenvalue weighted by Crippen LogP contribution is -2.28. The molecule has 0 amide bonds. The van der Waals surface area contributed by atoms with Crippen LogP contribution in [0.15, 0.2) is 0 Å². The van der Waals surface area contributed by atoms with Crippen LogP contribution in [0.25, 0.3) is 0 Å². The standard InChI is InChI=1S/C19H40BrN/c1-18(2)12-16-21(17-13-19(3)4)15-11-9-7-5-6-8-10-14-20/h18-19H,5-17H2,1-4H3. The van der Waals surface area contributed by atoms with Crippen molar-refractivity contribution in [3.8, 4) is 0 Å².